The zero-order chi connectivity index (χ0) is 13.7. The first-order chi connectivity index (χ1) is 8.51. The largest absolute Gasteiger partial charge is 0.354 e. The minimum absolute atomic E-state index is 0.0211. The average molecular weight is 255 g/mol. The monoisotopic (exact) mass is 255 g/mol. The van der Waals surface area contributed by atoms with Crippen LogP contribution in [0.25, 0.3) is 0 Å². The molecule has 1 aromatic carbocycles. The van der Waals surface area contributed by atoms with Crippen molar-refractivity contribution in [2.24, 2.45) is 0 Å². The maximum absolute atomic E-state index is 13.7. The Labute approximate surface area is 106 Å². The zero-order valence-corrected chi connectivity index (χ0v) is 11.0. The van der Waals surface area contributed by atoms with Gasteiger partial charge in [0.2, 0.25) is 0 Å². The van der Waals surface area contributed by atoms with E-state index in [1.54, 1.807) is 26.0 Å². The highest BCUT2D eigenvalue weighted by atomic mass is 19.1. The van der Waals surface area contributed by atoms with E-state index >= 15 is 0 Å². The molecule has 0 fully saturated rings. The first-order valence-electron chi connectivity index (χ1n) is 5.62. The number of carbonyl (C=O) groups is 1. The summed E-state index contributed by atoms with van der Waals surface area (Å²) in [5.41, 5.74) is 0.457. The van der Waals surface area contributed by atoms with E-state index in [4.69, 9.17) is 9.47 Å². The number of hydrogen-bond acceptors (Lipinski definition) is 3. The lowest BCUT2D eigenvalue weighted by Gasteiger charge is -2.22. The van der Waals surface area contributed by atoms with E-state index in [-0.39, 0.29) is 11.6 Å². The third kappa shape index (κ3) is 3.27. The maximum atomic E-state index is 13.7. The molecule has 0 spiro atoms. The number of aryl methyl sites for hydroxylation is 1. The second-order valence-electron chi connectivity index (χ2n) is 4.04. The number of methoxy groups -OCH3 is 2. The molecule has 1 rings (SSSR count). The molecule has 0 aliphatic heterocycles. The minimum Gasteiger partial charge on any atom is -0.354 e. The summed E-state index contributed by atoms with van der Waals surface area (Å²) in [7, 11) is 2.95. The fourth-order valence-electron chi connectivity index (χ4n) is 1.68. The number of ether oxygens (including phenoxy) is 2. The van der Waals surface area contributed by atoms with Crippen molar-refractivity contribution < 1.29 is 18.7 Å². The van der Waals surface area contributed by atoms with Gasteiger partial charge in [-0.3, -0.25) is 4.79 Å². The Hall–Kier alpha value is -1.46. The van der Waals surface area contributed by atoms with E-state index < -0.39 is 18.0 Å². The lowest BCUT2D eigenvalue weighted by atomic mass is 10.1. The number of carbonyl (C=O) groups excluding carboxylic acids is 1. The van der Waals surface area contributed by atoms with Crippen molar-refractivity contribution in [3.8, 4) is 0 Å². The van der Waals surface area contributed by atoms with Gasteiger partial charge in [0, 0.05) is 14.2 Å². The Kier molecular flexibility index (Phi) is 5.25. The molecule has 1 amide bonds. The summed E-state index contributed by atoms with van der Waals surface area (Å²) in [5.74, 6) is -0.989. The molecule has 4 nitrogen and oxygen atoms in total. The van der Waals surface area contributed by atoms with E-state index in [2.05, 4.69) is 5.32 Å². The molecule has 0 saturated heterocycles. The molecular weight excluding hydrogens is 237 g/mol. The standard InChI is InChI=1S/C13H18FNO3/c1-8-6-5-7-10(11(8)14)12(16)15-9(2)13(17-3)18-4/h5-7,9,13H,1-4H3,(H,15,16). The van der Waals surface area contributed by atoms with Gasteiger partial charge in [-0.2, -0.15) is 0 Å². The van der Waals surface area contributed by atoms with E-state index in [1.807, 2.05) is 0 Å². The molecular formula is C13H18FNO3. The van der Waals surface area contributed by atoms with Gasteiger partial charge < -0.3 is 14.8 Å². The van der Waals surface area contributed by atoms with Crippen LogP contribution in [-0.4, -0.2) is 32.5 Å². The van der Waals surface area contributed by atoms with Crippen LogP contribution in [0.4, 0.5) is 4.39 Å². The van der Waals surface area contributed by atoms with Crippen molar-refractivity contribution in [3.05, 3.63) is 35.1 Å². The second kappa shape index (κ2) is 6.47. The highest BCUT2D eigenvalue weighted by Gasteiger charge is 2.20. The smallest absolute Gasteiger partial charge is 0.254 e. The van der Waals surface area contributed by atoms with Gasteiger partial charge in [-0.05, 0) is 25.5 Å². The predicted molar refractivity (Wildman–Crippen MR) is 65.9 cm³/mol. The molecule has 0 bridgehead atoms. The molecule has 0 aromatic heterocycles. The molecule has 0 aliphatic carbocycles. The zero-order valence-electron chi connectivity index (χ0n) is 11.0. The third-order valence-corrected chi connectivity index (χ3v) is 2.67. The molecule has 0 aliphatic rings. The molecule has 100 valence electrons. The van der Waals surface area contributed by atoms with E-state index in [0.717, 1.165) is 0 Å². The van der Waals surface area contributed by atoms with Crippen LogP contribution in [0.15, 0.2) is 18.2 Å². The Morgan fingerprint density at radius 3 is 2.50 bits per heavy atom. The van der Waals surface area contributed by atoms with Gasteiger partial charge in [0.05, 0.1) is 11.6 Å². The quantitative estimate of drug-likeness (QED) is 0.817. The van der Waals surface area contributed by atoms with Gasteiger partial charge >= 0.3 is 0 Å². The number of hydrogen-bond donors (Lipinski definition) is 1. The Bertz CT molecular complexity index is 419. The fourth-order valence-corrected chi connectivity index (χ4v) is 1.68. The van der Waals surface area contributed by atoms with Crippen LogP contribution in [-0.2, 0) is 9.47 Å². The van der Waals surface area contributed by atoms with Crippen LogP contribution in [0.2, 0.25) is 0 Å². The third-order valence-electron chi connectivity index (χ3n) is 2.67. The summed E-state index contributed by atoms with van der Waals surface area (Å²) in [4.78, 5) is 11.9. The fraction of sp³-hybridized carbons (Fsp3) is 0.462. The van der Waals surface area contributed by atoms with Crippen LogP contribution < -0.4 is 5.32 Å². The molecule has 0 heterocycles. The van der Waals surface area contributed by atoms with Crippen LogP contribution in [0, 0.1) is 12.7 Å². The Morgan fingerprint density at radius 1 is 1.33 bits per heavy atom. The van der Waals surface area contributed by atoms with Crippen LogP contribution in [0.5, 0.6) is 0 Å². The van der Waals surface area contributed by atoms with Crippen molar-refractivity contribution in [3.63, 3.8) is 0 Å². The summed E-state index contributed by atoms with van der Waals surface area (Å²) >= 11 is 0. The molecule has 0 radical (unpaired) electrons. The summed E-state index contributed by atoms with van der Waals surface area (Å²) in [5, 5.41) is 2.64. The minimum atomic E-state index is -0.568. The highest BCUT2D eigenvalue weighted by Crippen LogP contribution is 2.12. The molecule has 18 heavy (non-hydrogen) atoms. The highest BCUT2D eigenvalue weighted by molar-refractivity contribution is 5.94. The average Bonchev–Trinajstić information content (AvgIpc) is 2.34. The second-order valence-corrected chi connectivity index (χ2v) is 4.04. The first-order valence-corrected chi connectivity index (χ1v) is 5.62. The summed E-state index contributed by atoms with van der Waals surface area (Å²) in [6.45, 7) is 3.34. The van der Waals surface area contributed by atoms with Crippen molar-refractivity contribution >= 4 is 5.91 Å². The van der Waals surface area contributed by atoms with Crippen molar-refractivity contribution in [2.45, 2.75) is 26.2 Å². The van der Waals surface area contributed by atoms with Crippen molar-refractivity contribution in [1.82, 2.24) is 5.32 Å². The summed E-state index contributed by atoms with van der Waals surface area (Å²) in [6, 6.07) is 4.32. The van der Waals surface area contributed by atoms with Crippen LogP contribution >= 0.6 is 0 Å². The molecule has 1 N–H and O–H groups in total. The van der Waals surface area contributed by atoms with Gasteiger partial charge in [-0.25, -0.2) is 4.39 Å². The van der Waals surface area contributed by atoms with Crippen molar-refractivity contribution in [2.75, 3.05) is 14.2 Å². The molecule has 0 saturated carbocycles. The molecule has 1 unspecified atom stereocenters. The Morgan fingerprint density at radius 2 is 1.94 bits per heavy atom. The van der Waals surface area contributed by atoms with E-state index in [9.17, 15) is 9.18 Å². The lowest BCUT2D eigenvalue weighted by molar-refractivity contribution is -0.117. The first kappa shape index (κ1) is 14.6. The predicted octanol–water partition coefficient (Wildman–Crippen LogP) is 1.87. The summed E-state index contributed by atoms with van der Waals surface area (Å²) < 4.78 is 23.8. The van der Waals surface area contributed by atoms with Crippen molar-refractivity contribution in [1.29, 1.82) is 0 Å². The topological polar surface area (TPSA) is 47.6 Å². The van der Waals surface area contributed by atoms with Gasteiger partial charge in [0.1, 0.15) is 5.82 Å². The van der Waals surface area contributed by atoms with E-state index in [0.29, 0.717) is 5.56 Å². The number of amides is 1. The lowest BCUT2D eigenvalue weighted by Crippen LogP contribution is -2.43. The number of halogens is 1. The number of nitrogens with one attached hydrogen (secondary N) is 1. The Balaban J connectivity index is 2.79. The molecule has 1 atom stereocenters. The normalized spacial score (nSPS) is 12.6. The van der Waals surface area contributed by atoms with Gasteiger partial charge in [0.25, 0.3) is 5.91 Å². The molecule has 1 aromatic rings. The van der Waals surface area contributed by atoms with Gasteiger partial charge in [-0.15, -0.1) is 0 Å². The number of benzene rings is 1. The SMILES string of the molecule is COC(OC)C(C)NC(=O)c1cccc(C)c1F. The number of rotatable bonds is 5. The van der Waals surface area contributed by atoms with Gasteiger partial charge in [-0.1, -0.05) is 12.1 Å². The maximum Gasteiger partial charge on any atom is 0.254 e. The van der Waals surface area contributed by atoms with Crippen LogP contribution in [0.3, 0.4) is 0 Å². The summed E-state index contributed by atoms with van der Waals surface area (Å²) in [6.07, 6.45) is -0.568. The van der Waals surface area contributed by atoms with E-state index in [1.165, 1.54) is 20.3 Å². The van der Waals surface area contributed by atoms with Crippen LogP contribution in [0.1, 0.15) is 22.8 Å². The molecule has 5 heteroatoms. The van der Waals surface area contributed by atoms with Gasteiger partial charge in [0.15, 0.2) is 6.29 Å².